The molecule has 3 N–H and O–H groups in total. The van der Waals surface area contributed by atoms with Gasteiger partial charge in [0.15, 0.2) is 6.04 Å². The average molecular weight is 222 g/mol. The Balaban J connectivity index is 2.91. The summed E-state index contributed by atoms with van der Waals surface area (Å²) in [4.78, 5) is 23.7. The first-order valence-electron chi connectivity index (χ1n) is 4.92. The third-order valence-corrected chi connectivity index (χ3v) is 2.18. The molecule has 1 unspecified atom stereocenters. The third kappa shape index (κ3) is 2.58. The van der Waals surface area contributed by atoms with Gasteiger partial charge in [0, 0.05) is 12.2 Å². The van der Waals surface area contributed by atoms with E-state index in [1.165, 1.54) is 4.90 Å². The topological polar surface area (TPSA) is 83.6 Å². The zero-order valence-electron chi connectivity index (χ0n) is 8.96. The Morgan fingerprint density at radius 1 is 1.38 bits per heavy atom. The van der Waals surface area contributed by atoms with E-state index in [1.54, 1.807) is 31.2 Å². The summed E-state index contributed by atoms with van der Waals surface area (Å²) in [5.74, 6) is -1.93. The van der Waals surface area contributed by atoms with E-state index in [0.717, 1.165) is 0 Å². The number of anilines is 1. The summed E-state index contributed by atoms with van der Waals surface area (Å²) in [7, 11) is 0. The predicted octanol–water partition coefficient (Wildman–Crippen LogP) is 0.451. The number of carboxylic acids is 1. The number of carboxylic acid groups (broad SMARTS) is 1. The number of benzene rings is 1. The van der Waals surface area contributed by atoms with Gasteiger partial charge < -0.3 is 15.7 Å². The van der Waals surface area contributed by atoms with Crippen molar-refractivity contribution in [1.82, 2.24) is 0 Å². The molecule has 1 aromatic rings. The van der Waals surface area contributed by atoms with E-state index >= 15 is 0 Å². The fraction of sp³-hybridized carbons (Fsp3) is 0.273. The monoisotopic (exact) mass is 222 g/mol. The zero-order chi connectivity index (χ0) is 12.1. The minimum absolute atomic E-state index is 0.379. The lowest BCUT2D eigenvalue weighted by atomic mass is 10.2. The molecule has 0 aromatic heterocycles. The van der Waals surface area contributed by atoms with Gasteiger partial charge in [0.2, 0.25) is 0 Å². The highest BCUT2D eigenvalue weighted by atomic mass is 16.4. The number of nitrogens with zero attached hydrogens (tertiary/aromatic N) is 1. The number of para-hydroxylation sites is 1. The number of amides is 1. The van der Waals surface area contributed by atoms with Crippen LogP contribution in [0.25, 0.3) is 0 Å². The first-order chi connectivity index (χ1) is 7.57. The van der Waals surface area contributed by atoms with Crippen molar-refractivity contribution in [2.45, 2.75) is 13.0 Å². The van der Waals surface area contributed by atoms with Crippen LogP contribution in [0.1, 0.15) is 6.92 Å². The van der Waals surface area contributed by atoms with Crippen molar-refractivity contribution in [3.8, 4) is 0 Å². The van der Waals surface area contributed by atoms with Gasteiger partial charge in [0.25, 0.3) is 5.91 Å². The fourth-order valence-corrected chi connectivity index (χ4v) is 1.35. The molecule has 0 spiro atoms. The lowest BCUT2D eigenvalue weighted by Crippen LogP contribution is -2.48. The van der Waals surface area contributed by atoms with Gasteiger partial charge in [-0.15, -0.1) is 0 Å². The number of hydrogen-bond donors (Lipinski definition) is 2. The Kier molecular flexibility index (Phi) is 4.02. The van der Waals surface area contributed by atoms with Gasteiger partial charge in [-0.05, 0) is 19.1 Å². The molecule has 0 saturated carbocycles. The highest BCUT2D eigenvalue weighted by Gasteiger charge is 2.26. The lowest BCUT2D eigenvalue weighted by Gasteiger charge is -2.22. The van der Waals surface area contributed by atoms with Crippen LogP contribution in [0.15, 0.2) is 30.3 Å². The smallest absolute Gasteiger partial charge is 0.330 e. The van der Waals surface area contributed by atoms with E-state index in [1.807, 2.05) is 6.07 Å². The fourth-order valence-electron chi connectivity index (χ4n) is 1.35. The van der Waals surface area contributed by atoms with Crippen molar-refractivity contribution in [1.29, 1.82) is 0 Å². The molecule has 1 atom stereocenters. The van der Waals surface area contributed by atoms with Crippen molar-refractivity contribution in [2.24, 2.45) is 5.73 Å². The Bertz CT molecular complexity index is 378. The first kappa shape index (κ1) is 12.2. The summed E-state index contributed by atoms with van der Waals surface area (Å²) >= 11 is 0. The molecule has 86 valence electrons. The van der Waals surface area contributed by atoms with Gasteiger partial charge in [0.05, 0.1) is 0 Å². The molecule has 5 nitrogen and oxygen atoms in total. The van der Waals surface area contributed by atoms with Crippen molar-refractivity contribution in [3.63, 3.8) is 0 Å². The van der Waals surface area contributed by atoms with Crippen molar-refractivity contribution < 1.29 is 14.7 Å². The second-order valence-corrected chi connectivity index (χ2v) is 3.23. The number of aliphatic carboxylic acids is 1. The van der Waals surface area contributed by atoms with Crippen LogP contribution in [-0.2, 0) is 9.59 Å². The highest BCUT2D eigenvalue weighted by Crippen LogP contribution is 2.13. The van der Waals surface area contributed by atoms with E-state index in [2.05, 4.69) is 0 Å². The van der Waals surface area contributed by atoms with Crippen molar-refractivity contribution >= 4 is 17.6 Å². The third-order valence-electron chi connectivity index (χ3n) is 2.18. The molecule has 0 saturated heterocycles. The van der Waals surface area contributed by atoms with E-state index in [4.69, 9.17) is 10.8 Å². The zero-order valence-corrected chi connectivity index (χ0v) is 8.96. The van der Waals surface area contributed by atoms with Crippen LogP contribution in [0.3, 0.4) is 0 Å². The van der Waals surface area contributed by atoms with E-state index in [9.17, 15) is 9.59 Å². The molecule has 16 heavy (non-hydrogen) atoms. The molecule has 0 heterocycles. The summed E-state index contributed by atoms with van der Waals surface area (Å²) in [5.41, 5.74) is 5.93. The quantitative estimate of drug-likeness (QED) is 0.724. The Labute approximate surface area is 93.5 Å². The molecule has 1 rings (SSSR count). The summed E-state index contributed by atoms with van der Waals surface area (Å²) in [5, 5.41) is 8.67. The van der Waals surface area contributed by atoms with Crippen LogP contribution in [0.5, 0.6) is 0 Å². The molecule has 5 heteroatoms. The van der Waals surface area contributed by atoms with Crippen LogP contribution in [0.4, 0.5) is 5.69 Å². The number of nitrogens with two attached hydrogens (primary N) is 1. The second kappa shape index (κ2) is 5.27. The average Bonchev–Trinajstić information content (AvgIpc) is 2.30. The van der Waals surface area contributed by atoms with Crippen LogP contribution < -0.4 is 10.6 Å². The highest BCUT2D eigenvalue weighted by molar-refractivity contribution is 6.08. The number of carbonyl (C=O) groups is 2. The molecule has 0 aliphatic heterocycles. The number of likely N-dealkylation sites (N-methyl/N-ethyl adjacent to an activating group) is 1. The largest absolute Gasteiger partial charge is 0.480 e. The van der Waals surface area contributed by atoms with Crippen LogP contribution in [0.2, 0.25) is 0 Å². The molecule has 1 amide bonds. The van der Waals surface area contributed by atoms with Crippen molar-refractivity contribution in [3.05, 3.63) is 30.3 Å². The number of rotatable bonds is 4. The molecule has 0 aliphatic rings. The van der Waals surface area contributed by atoms with E-state index in [-0.39, 0.29) is 0 Å². The molecule has 1 aromatic carbocycles. The van der Waals surface area contributed by atoms with Gasteiger partial charge in [-0.3, -0.25) is 4.79 Å². The Morgan fingerprint density at radius 2 is 1.94 bits per heavy atom. The molecule has 0 bridgehead atoms. The second-order valence-electron chi connectivity index (χ2n) is 3.23. The van der Waals surface area contributed by atoms with Gasteiger partial charge in [-0.1, -0.05) is 18.2 Å². The molecular formula is C11H14N2O3. The van der Waals surface area contributed by atoms with Gasteiger partial charge >= 0.3 is 5.97 Å². The predicted molar refractivity (Wildman–Crippen MR) is 60.1 cm³/mol. The minimum Gasteiger partial charge on any atom is -0.480 e. The van der Waals surface area contributed by atoms with Crippen LogP contribution in [-0.4, -0.2) is 29.6 Å². The molecule has 0 radical (unpaired) electrons. The Morgan fingerprint density at radius 3 is 2.38 bits per heavy atom. The standard InChI is InChI=1S/C11H14N2O3/c1-2-13(8-6-4-3-5-7-8)10(14)9(12)11(15)16/h3-7,9H,2,12H2,1H3,(H,15,16). The summed E-state index contributed by atoms with van der Waals surface area (Å²) in [6.45, 7) is 2.14. The first-order valence-corrected chi connectivity index (χ1v) is 4.92. The summed E-state index contributed by atoms with van der Waals surface area (Å²) < 4.78 is 0. The molecular weight excluding hydrogens is 208 g/mol. The van der Waals surface area contributed by atoms with Crippen LogP contribution in [0, 0.1) is 0 Å². The minimum atomic E-state index is -1.51. The van der Waals surface area contributed by atoms with Crippen LogP contribution >= 0.6 is 0 Å². The summed E-state index contributed by atoms with van der Waals surface area (Å²) in [6.07, 6.45) is 0. The molecule has 0 aliphatic carbocycles. The SMILES string of the molecule is CCN(C(=O)C(N)C(=O)O)c1ccccc1. The normalized spacial score (nSPS) is 11.9. The van der Waals surface area contributed by atoms with Gasteiger partial charge in [0.1, 0.15) is 0 Å². The maximum absolute atomic E-state index is 11.7. The van der Waals surface area contributed by atoms with Gasteiger partial charge in [-0.25, -0.2) is 4.79 Å². The molecule has 0 fully saturated rings. The Hall–Kier alpha value is -1.88. The van der Waals surface area contributed by atoms with E-state index in [0.29, 0.717) is 12.2 Å². The maximum Gasteiger partial charge on any atom is 0.330 e. The maximum atomic E-state index is 11.7. The van der Waals surface area contributed by atoms with Crippen molar-refractivity contribution in [2.75, 3.05) is 11.4 Å². The lowest BCUT2D eigenvalue weighted by molar-refractivity contribution is -0.142. The summed E-state index contributed by atoms with van der Waals surface area (Å²) in [6, 6.07) is 7.32. The number of hydrogen-bond acceptors (Lipinski definition) is 3. The number of carbonyl (C=O) groups excluding carboxylic acids is 1. The van der Waals surface area contributed by atoms with E-state index < -0.39 is 17.9 Å². The van der Waals surface area contributed by atoms with Gasteiger partial charge in [-0.2, -0.15) is 0 Å².